The lowest BCUT2D eigenvalue weighted by Gasteiger charge is -2.32. The zero-order valence-corrected chi connectivity index (χ0v) is 13.6. The van der Waals surface area contributed by atoms with Crippen LogP contribution < -0.4 is 11.1 Å². The zero-order valence-electron chi connectivity index (χ0n) is 13.6. The highest BCUT2D eigenvalue weighted by Gasteiger charge is 2.37. The van der Waals surface area contributed by atoms with Gasteiger partial charge in [-0.05, 0) is 38.1 Å². The van der Waals surface area contributed by atoms with Crippen molar-refractivity contribution in [3.63, 3.8) is 0 Å². The van der Waals surface area contributed by atoms with Crippen LogP contribution in [0.25, 0.3) is 0 Å². The van der Waals surface area contributed by atoms with Crippen molar-refractivity contribution in [1.82, 2.24) is 19.8 Å². The molecule has 7 heteroatoms. The molecular weight excluding hydrogens is 294 g/mol. The van der Waals surface area contributed by atoms with E-state index in [0.29, 0.717) is 12.5 Å². The van der Waals surface area contributed by atoms with Crippen LogP contribution in [-0.2, 0) is 16.6 Å². The molecule has 3 rings (SSSR count). The van der Waals surface area contributed by atoms with Gasteiger partial charge in [0.2, 0.25) is 11.8 Å². The Hall–Kier alpha value is -1.89. The summed E-state index contributed by atoms with van der Waals surface area (Å²) in [6, 6.07) is -0.00554. The summed E-state index contributed by atoms with van der Waals surface area (Å²) in [5.41, 5.74) is 5.26. The number of nitrogens with zero attached hydrogens (tertiary/aromatic N) is 3. The van der Waals surface area contributed by atoms with Crippen LogP contribution in [0.1, 0.15) is 37.5 Å². The summed E-state index contributed by atoms with van der Waals surface area (Å²) in [5.74, 6) is 1.06. The van der Waals surface area contributed by atoms with Crippen LogP contribution in [0.4, 0.5) is 0 Å². The maximum absolute atomic E-state index is 12.7. The first-order chi connectivity index (χ1) is 11.0. The van der Waals surface area contributed by atoms with E-state index in [1.54, 1.807) is 6.20 Å². The van der Waals surface area contributed by atoms with Gasteiger partial charge in [0.25, 0.3) is 0 Å². The van der Waals surface area contributed by atoms with Gasteiger partial charge in [0.15, 0.2) is 0 Å². The third-order valence-corrected chi connectivity index (χ3v) is 4.78. The molecule has 2 atom stereocenters. The van der Waals surface area contributed by atoms with Crippen molar-refractivity contribution in [3.8, 4) is 0 Å². The second-order valence-corrected chi connectivity index (χ2v) is 6.76. The van der Waals surface area contributed by atoms with E-state index in [1.165, 1.54) is 0 Å². The molecule has 2 heterocycles. The molecule has 1 aliphatic carbocycles. The molecule has 0 bridgehead atoms. The molecule has 2 fully saturated rings. The van der Waals surface area contributed by atoms with Crippen molar-refractivity contribution in [2.45, 2.75) is 31.7 Å². The molecule has 1 saturated carbocycles. The molecular formula is C16H25N5O2. The van der Waals surface area contributed by atoms with E-state index in [1.807, 2.05) is 22.7 Å². The summed E-state index contributed by atoms with van der Waals surface area (Å²) >= 11 is 0. The number of carbonyl (C=O) groups is 2. The fourth-order valence-electron chi connectivity index (χ4n) is 3.40. The number of piperidine rings is 1. The third kappa shape index (κ3) is 3.90. The summed E-state index contributed by atoms with van der Waals surface area (Å²) in [5, 5.41) is 3.20. The highest BCUT2D eigenvalue weighted by Crippen LogP contribution is 2.40. The minimum absolute atomic E-state index is 0.00554. The Kier molecular flexibility index (Phi) is 4.66. The maximum Gasteiger partial charge on any atom is 0.231 e. The Morgan fingerprint density at radius 2 is 2.22 bits per heavy atom. The Labute approximate surface area is 136 Å². The second-order valence-electron chi connectivity index (χ2n) is 6.76. The molecule has 2 amide bonds. The number of amides is 2. The Morgan fingerprint density at radius 1 is 1.43 bits per heavy atom. The van der Waals surface area contributed by atoms with E-state index in [0.717, 1.165) is 38.1 Å². The van der Waals surface area contributed by atoms with Crippen molar-refractivity contribution in [1.29, 1.82) is 0 Å². The largest absolute Gasteiger partial charge is 0.369 e. The van der Waals surface area contributed by atoms with Crippen molar-refractivity contribution >= 4 is 11.8 Å². The van der Waals surface area contributed by atoms with Crippen LogP contribution in [0.2, 0.25) is 0 Å². The van der Waals surface area contributed by atoms with Crippen molar-refractivity contribution in [3.05, 3.63) is 18.2 Å². The van der Waals surface area contributed by atoms with E-state index in [4.69, 9.17) is 5.73 Å². The second kappa shape index (κ2) is 6.70. The summed E-state index contributed by atoms with van der Waals surface area (Å²) < 4.78 is 1.98. The maximum atomic E-state index is 12.7. The lowest BCUT2D eigenvalue weighted by Crippen LogP contribution is -2.46. The molecule has 0 spiro atoms. The number of primary amides is 1. The molecule has 126 valence electrons. The fraction of sp³-hybridized carbons (Fsp3) is 0.688. The van der Waals surface area contributed by atoms with Crippen LogP contribution in [0, 0.1) is 11.8 Å². The lowest BCUT2D eigenvalue weighted by atomic mass is 9.96. The van der Waals surface area contributed by atoms with Gasteiger partial charge in [-0.15, -0.1) is 0 Å². The minimum atomic E-state index is -0.338. The van der Waals surface area contributed by atoms with Crippen molar-refractivity contribution in [2.24, 2.45) is 24.6 Å². The standard InChI is InChI=1S/C16H25N5O2/c1-20-8-6-18-15(20)14(11-4-5-11)19-16(23)12-3-2-7-21(9-12)10-13(17)22/h6,8,11-12,14H,2-5,7,9-10H2,1H3,(H2,17,22)(H,19,23). The monoisotopic (exact) mass is 319 g/mol. The van der Waals surface area contributed by atoms with Crippen LogP contribution in [0.3, 0.4) is 0 Å². The highest BCUT2D eigenvalue weighted by molar-refractivity contribution is 5.80. The number of nitrogens with two attached hydrogens (primary N) is 1. The number of rotatable bonds is 6. The molecule has 23 heavy (non-hydrogen) atoms. The van der Waals surface area contributed by atoms with Gasteiger partial charge >= 0.3 is 0 Å². The lowest BCUT2D eigenvalue weighted by molar-refractivity contribution is -0.129. The Bertz CT molecular complexity index is 581. The van der Waals surface area contributed by atoms with Gasteiger partial charge in [0.1, 0.15) is 5.82 Å². The number of carbonyl (C=O) groups excluding carboxylic acids is 2. The van der Waals surface area contributed by atoms with Gasteiger partial charge in [-0.2, -0.15) is 0 Å². The van der Waals surface area contributed by atoms with Gasteiger partial charge in [0, 0.05) is 26.0 Å². The van der Waals surface area contributed by atoms with Gasteiger partial charge < -0.3 is 15.6 Å². The summed E-state index contributed by atoms with van der Waals surface area (Å²) in [7, 11) is 1.96. The number of imidazole rings is 1. The molecule has 0 radical (unpaired) electrons. The average molecular weight is 319 g/mol. The number of hydrogen-bond acceptors (Lipinski definition) is 4. The number of nitrogens with one attached hydrogen (secondary N) is 1. The normalized spacial score (nSPS) is 23.4. The van der Waals surface area contributed by atoms with E-state index in [9.17, 15) is 9.59 Å². The highest BCUT2D eigenvalue weighted by atomic mass is 16.2. The molecule has 0 aromatic carbocycles. The molecule has 2 aliphatic rings. The molecule has 1 saturated heterocycles. The Balaban J connectivity index is 1.63. The van der Waals surface area contributed by atoms with Gasteiger partial charge in [-0.3, -0.25) is 14.5 Å². The number of likely N-dealkylation sites (tertiary alicyclic amines) is 1. The SMILES string of the molecule is Cn1ccnc1C(NC(=O)C1CCCN(CC(N)=O)C1)C1CC1. The first kappa shape index (κ1) is 16.0. The van der Waals surface area contributed by atoms with Gasteiger partial charge in [-0.1, -0.05) is 0 Å². The van der Waals surface area contributed by atoms with Crippen LogP contribution in [-0.4, -0.2) is 45.9 Å². The molecule has 3 N–H and O–H groups in total. The van der Waals surface area contributed by atoms with E-state index < -0.39 is 0 Å². The number of aromatic nitrogens is 2. The smallest absolute Gasteiger partial charge is 0.231 e. The topological polar surface area (TPSA) is 93.2 Å². The Morgan fingerprint density at radius 3 is 2.83 bits per heavy atom. The molecule has 2 unspecified atom stereocenters. The van der Waals surface area contributed by atoms with E-state index >= 15 is 0 Å². The summed E-state index contributed by atoms with van der Waals surface area (Å²) in [4.78, 5) is 30.2. The van der Waals surface area contributed by atoms with Gasteiger partial charge in [-0.25, -0.2) is 4.98 Å². The zero-order chi connectivity index (χ0) is 16.4. The van der Waals surface area contributed by atoms with Crippen molar-refractivity contribution in [2.75, 3.05) is 19.6 Å². The minimum Gasteiger partial charge on any atom is -0.369 e. The van der Waals surface area contributed by atoms with Crippen LogP contribution in [0.5, 0.6) is 0 Å². The number of hydrogen-bond donors (Lipinski definition) is 2. The summed E-state index contributed by atoms with van der Waals surface area (Å²) in [6.07, 6.45) is 7.73. The molecule has 1 aliphatic heterocycles. The predicted octanol–water partition coefficient (Wildman–Crippen LogP) is 0.185. The molecule has 7 nitrogen and oxygen atoms in total. The van der Waals surface area contributed by atoms with Gasteiger partial charge in [0.05, 0.1) is 18.5 Å². The summed E-state index contributed by atoms with van der Waals surface area (Å²) in [6.45, 7) is 1.67. The predicted molar refractivity (Wildman–Crippen MR) is 85.2 cm³/mol. The third-order valence-electron chi connectivity index (χ3n) is 4.78. The fourth-order valence-corrected chi connectivity index (χ4v) is 3.40. The molecule has 1 aromatic rings. The first-order valence-corrected chi connectivity index (χ1v) is 8.33. The van der Waals surface area contributed by atoms with Crippen LogP contribution in [0.15, 0.2) is 12.4 Å². The van der Waals surface area contributed by atoms with E-state index in [-0.39, 0.29) is 30.3 Å². The quantitative estimate of drug-likeness (QED) is 0.782. The van der Waals surface area contributed by atoms with Crippen LogP contribution >= 0.6 is 0 Å². The average Bonchev–Trinajstić information content (AvgIpc) is 3.26. The molecule has 1 aromatic heterocycles. The van der Waals surface area contributed by atoms with E-state index in [2.05, 4.69) is 10.3 Å². The number of aryl methyl sites for hydroxylation is 1. The first-order valence-electron chi connectivity index (χ1n) is 8.33. The van der Waals surface area contributed by atoms with Crippen molar-refractivity contribution < 1.29 is 9.59 Å².